The molecule has 0 radical (unpaired) electrons. The first-order valence-corrected chi connectivity index (χ1v) is 9.42. The summed E-state index contributed by atoms with van der Waals surface area (Å²) < 4.78 is 0. The monoisotopic (exact) mass is 414 g/mol. The van der Waals surface area contributed by atoms with Crippen molar-refractivity contribution < 1.29 is 14.7 Å². The molecule has 3 aromatic rings. The number of rotatable bonds is 3. The third-order valence-corrected chi connectivity index (χ3v) is 4.85. The predicted molar refractivity (Wildman–Crippen MR) is 111 cm³/mol. The van der Waals surface area contributed by atoms with Crippen LogP contribution >= 0.6 is 0 Å². The van der Waals surface area contributed by atoms with Crippen molar-refractivity contribution >= 4 is 11.8 Å². The molecule has 0 unspecified atom stereocenters. The second-order valence-corrected chi connectivity index (χ2v) is 7.08. The maximum atomic E-state index is 12.1. The number of primary amides is 1. The van der Waals surface area contributed by atoms with Crippen molar-refractivity contribution in [3.63, 3.8) is 0 Å². The molecule has 9 nitrogen and oxygen atoms in total. The van der Waals surface area contributed by atoms with Gasteiger partial charge in [-0.25, -0.2) is 9.97 Å². The van der Waals surface area contributed by atoms with Gasteiger partial charge in [-0.3, -0.25) is 19.6 Å². The Morgan fingerprint density at radius 3 is 2.74 bits per heavy atom. The Morgan fingerprint density at radius 2 is 2.06 bits per heavy atom. The molecular formula is C22H18N6O3. The number of carbonyl (C=O) groups excluding carboxylic acids is 2. The number of likely N-dealkylation sites (tertiary alicyclic amines) is 1. The van der Waals surface area contributed by atoms with Gasteiger partial charge in [0.1, 0.15) is 11.4 Å². The van der Waals surface area contributed by atoms with Gasteiger partial charge >= 0.3 is 0 Å². The fourth-order valence-corrected chi connectivity index (χ4v) is 3.15. The minimum Gasteiger partial charge on any atom is -0.369 e. The van der Waals surface area contributed by atoms with Crippen molar-refractivity contribution in [1.82, 2.24) is 24.8 Å². The zero-order chi connectivity index (χ0) is 22.0. The Labute approximate surface area is 178 Å². The number of aliphatic hydroxyl groups is 1. The summed E-state index contributed by atoms with van der Waals surface area (Å²) in [6, 6.07) is 8.41. The van der Waals surface area contributed by atoms with E-state index in [-0.39, 0.29) is 17.9 Å². The zero-order valence-corrected chi connectivity index (χ0v) is 16.6. The summed E-state index contributed by atoms with van der Waals surface area (Å²) in [5, 5.41) is 10.5. The lowest BCUT2D eigenvalue weighted by atomic mass is 10.0. The summed E-state index contributed by atoms with van der Waals surface area (Å²) in [7, 11) is 1.63. The molecule has 0 aliphatic carbocycles. The fourth-order valence-electron chi connectivity index (χ4n) is 3.15. The van der Waals surface area contributed by atoms with Crippen LogP contribution in [-0.4, -0.2) is 61.0 Å². The second kappa shape index (κ2) is 7.93. The highest BCUT2D eigenvalue weighted by molar-refractivity contribution is 5.92. The van der Waals surface area contributed by atoms with E-state index in [1.54, 1.807) is 31.3 Å². The minimum atomic E-state index is -1.69. The van der Waals surface area contributed by atoms with Crippen LogP contribution in [0.15, 0.2) is 48.9 Å². The van der Waals surface area contributed by atoms with E-state index in [2.05, 4.69) is 31.8 Å². The fraction of sp³-hybridized carbons (Fsp3) is 0.182. The van der Waals surface area contributed by atoms with Crippen molar-refractivity contribution in [2.75, 3.05) is 13.6 Å². The maximum Gasteiger partial charge on any atom is 0.267 e. The number of amides is 2. The zero-order valence-electron chi connectivity index (χ0n) is 16.6. The second-order valence-electron chi connectivity index (χ2n) is 7.08. The standard InChI is InChI=1S/C22H18N6O3/c1-28-10-7-22(31,21(28)30)6-5-14-3-2-4-15(11-14)20-26-16(12-17(27-20)19(23)29)18-13-24-8-9-25-18/h2-4,8-9,11-13,31H,7,10H2,1H3,(H2,23,29)/t22-/m0/s1. The van der Waals surface area contributed by atoms with Gasteiger partial charge in [-0.1, -0.05) is 24.0 Å². The number of hydrogen-bond donors (Lipinski definition) is 2. The van der Waals surface area contributed by atoms with Gasteiger partial charge in [0.05, 0.1) is 11.9 Å². The molecule has 1 saturated heterocycles. The van der Waals surface area contributed by atoms with Gasteiger partial charge in [-0.05, 0) is 18.2 Å². The molecule has 4 rings (SSSR count). The van der Waals surface area contributed by atoms with Crippen LogP contribution in [0.2, 0.25) is 0 Å². The van der Waals surface area contributed by atoms with Crippen molar-refractivity contribution in [1.29, 1.82) is 0 Å². The van der Waals surface area contributed by atoms with Crippen LogP contribution in [-0.2, 0) is 4.79 Å². The van der Waals surface area contributed by atoms with E-state index in [1.807, 2.05) is 0 Å². The normalized spacial score (nSPS) is 17.9. The number of carbonyl (C=O) groups is 2. The number of nitrogens with zero attached hydrogens (tertiary/aromatic N) is 5. The van der Waals surface area contributed by atoms with Crippen LogP contribution in [0.25, 0.3) is 22.8 Å². The molecule has 2 aromatic heterocycles. The lowest BCUT2D eigenvalue weighted by molar-refractivity contribution is -0.137. The smallest absolute Gasteiger partial charge is 0.267 e. The maximum absolute atomic E-state index is 12.1. The van der Waals surface area contributed by atoms with Crippen LogP contribution < -0.4 is 5.73 Å². The molecule has 2 amide bonds. The summed E-state index contributed by atoms with van der Waals surface area (Å²) in [5.41, 5.74) is 5.80. The van der Waals surface area contributed by atoms with Gasteiger partial charge in [-0.2, -0.15) is 0 Å². The summed E-state index contributed by atoms with van der Waals surface area (Å²) in [5.74, 6) is 4.68. The third kappa shape index (κ3) is 4.10. The van der Waals surface area contributed by atoms with Crippen LogP contribution in [0.5, 0.6) is 0 Å². The number of aromatic nitrogens is 4. The molecule has 0 spiro atoms. The summed E-state index contributed by atoms with van der Waals surface area (Å²) in [6.45, 7) is 0.447. The first-order chi connectivity index (χ1) is 14.9. The first kappa shape index (κ1) is 20.1. The largest absolute Gasteiger partial charge is 0.369 e. The number of likely N-dealkylation sites (N-methyl/N-ethyl adjacent to an activating group) is 1. The van der Waals surface area contributed by atoms with E-state index in [0.717, 1.165) is 0 Å². The number of benzene rings is 1. The van der Waals surface area contributed by atoms with Crippen LogP contribution in [0.4, 0.5) is 0 Å². The van der Waals surface area contributed by atoms with Gasteiger partial charge in [0.15, 0.2) is 5.82 Å². The van der Waals surface area contributed by atoms with Gasteiger partial charge in [0, 0.05) is 43.5 Å². The van der Waals surface area contributed by atoms with E-state index >= 15 is 0 Å². The molecule has 9 heteroatoms. The summed E-state index contributed by atoms with van der Waals surface area (Å²) in [4.78, 5) is 42.3. The Kier molecular flexibility index (Phi) is 5.15. The van der Waals surface area contributed by atoms with Crippen molar-refractivity contribution in [2.45, 2.75) is 12.0 Å². The van der Waals surface area contributed by atoms with E-state index in [9.17, 15) is 14.7 Å². The van der Waals surface area contributed by atoms with E-state index in [4.69, 9.17) is 5.73 Å². The minimum absolute atomic E-state index is 0.0380. The van der Waals surface area contributed by atoms with E-state index in [1.165, 1.54) is 29.6 Å². The Balaban J connectivity index is 1.73. The summed E-state index contributed by atoms with van der Waals surface area (Å²) >= 11 is 0. The Bertz CT molecular complexity index is 1230. The number of hydrogen-bond acceptors (Lipinski definition) is 7. The Morgan fingerprint density at radius 1 is 1.23 bits per heavy atom. The highest BCUT2D eigenvalue weighted by atomic mass is 16.3. The molecule has 154 valence electrons. The van der Waals surface area contributed by atoms with Crippen molar-refractivity contribution in [2.24, 2.45) is 5.73 Å². The molecule has 1 atom stereocenters. The Hall–Kier alpha value is -4.16. The van der Waals surface area contributed by atoms with Crippen LogP contribution in [0.1, 0.15) is 22.5 Å². The molecule has 3 N–H and O–H groups in total. The van der Waals surface area contributed by atoms with E-state index < -0.39 is 17.4 Å². The SMILES string of the molecule is CN1CC[C@@](O)(C#Cc2cccc(-c3nc(C(N)=O)cc(-c4cnccn4)n3)c2)C1=O. The predicted octanol–water partition coefficient (Wildman–Crippen LogP) is 0.644. The van der Waals surface area contributed by atoms with Crippen molar-refractivity contribution in [3.8, 4) is 34.6 Å². The van der Waals surface area contributed by atoms with Gasteiger partial charge < -0.3 is 15.7 Å². The molecule has 3 heterocycles. The quantitative estimate of drug-likeness (QED) is 0.601. The highest BCUT2D eigenvalue weighted by Crippen LogP contribution is 2.23. The summed E-state index contributed by atoms with van der Waals surface area (Å²) in [6.07, 6.45) is 4.82. The molecule has 1 aliphatic rings. The lowest BCUT2D eigenvalue weighted by Gasteiger charge is -2.13. The molecule has 0 saturated carbocycles. The topological polar surface area (TPSA) is 135 Å². The van der Waals surface area contributed by atoms with Gasteiger partial charge in [-0.15, -0.1) is 0 Å². The molecule has 1 fully saturated rings. The van der Waals surface area contributed by atoms with Crippen LogP contribution in [0.3, 0.4) is 0 Å². The number of nitrogens with two attached hydrogens (primary N) is 1. The van der Waals surface area contributed by atoms with Gasteiger partial charge in [0.2, 0.25) is 5.60 Å². The molecule has 1 aliphatic heterocycles. The van der Waals surface area contributed by atoms with E-state index in [0.29, 0.717) is 29.1 Å². The molecule has 31 heavy (non-hydrogen) atoms. The lowest BCUT2D eigenvalue weighted by Crippen LogP contribution is -2.37. The average Bonchev–Trinajstić information content (AvgIpc) is 3.06. The molecular weight excluding hydrogens is 396 g/mol. The first-order valence-electron chi connectivity index (χ1n) is 9.42. The third-order valence-electron chi connectivity index (χ3n) is 4.85. The van der Waals surface area contributed by atoms with Gasteiger partial charge in [0.25, 0.3) is 11.8 Å². The highest BCUT2D eigenvalue weighted by Gasteiger charge is 2.42. The average molecular weight is 414 g/mol. The molecule has 0 bridgehead atoms. The van der Waals surface area contributed by atoms with Crippen LogP contribution in [0, 0.1) is 11.8 Å². The molecule has 1 aromatic carbocycles. The van der Waals surface area contributed by atoms with Crippen molar-refractivity contribution in [3.05, 3.63) is 60.2 Å².